The SMILES string of the molecule is Cc1ccc2c(c1)CCS2(=O)=O. The van der Waals surface area contributed by atoms with E-state index < -0.39 is 9.84 Å². The van der Waals surface area contributed by atoms with Crippen molar-refractivity contribution in [2.24, 2.45) is 0 Å². The van der Waals surface area contributed by atoms with Crippen LogP contribution in [0, 0.1) is 6.92 Å². The van der Waals surface area contributed by atoms with Gasteiger partial charge in [0.15, 0.2) is 9.84 Å². The predicted octanol–water partition coefficient (Wildman–Crippen LogP) is 1.32. The van der Waals surface area contributed by atoms with Crippen LogP contribution in [0.3, 0.4) is 0 Å². The van der Waals surface area contributed by atoms with E-state index in [1.807, 2.05) is 19.1 Å². The van der Waals surface area contributed by atoms with Crippen molar-refractivity contribution in [1.29, 1.82) is 0 Å². The molecule has 1 aromatic carbocycles. The number of fused-ring (bicyclic) bond motifs is 1. The van der Waals surface area contributed by atoms with E-state index in [1.54, 1.807) is 6.07 Å². The smallest absolute Gasteiger partial charge is 0.178 e. The zero-order valence-electron chi connectivity index (χ0n) is 6.87. The molecule has 0 bridgehead atoms. The van der Waals surface area contributed by atoms with Gasteiger partial charge in [-0.2, -0.15) is 0 Å². The molecule has 0 saturated heterocycles. The Kier molecular flexibility index (Phi) is 1.51. The Balaban J connectivity index is 2.71. The van der Waals surface area contributed by atoms with Gasteiger partial charge in [0.1, 0.15) is 0 Å². The molecule has 2 rings (SSSR count). The maximum atomic E-state index is 11.4. The lowest BCUT2D eigenvalue weighted by atomic mass is 10.1. The molecule has 3 heteroatoms. The lowest BCUT2D eigenvalue weighted by Crippen LogP contribution is -1.98. The van der Waals surface area contributed by atoms with Crippen molar-refractivity contribution in [3.8, 4) is 0 Å². The third-order valence-corrected chi connectivity index (χ3v) is 4.00. The first kappa shape index (κ1) is 7.80. The summed E-state index contributed by atoms with van der Waals surface area (Å²) in [5.74, 6) is 0.284. The van der Waals surface area contributed by atoms with E-state index in [9.17, 15) is 8.42 Å². The standard InChI is InChI=1S/C9H10O2S/c1-7-2-3-9-8(6-7)4-5-12(9,10)11/h2-3,6H,4-5H2,1H3. The van der Waals surface area contributed by atoms with Crippen molar-refractivity contribution in [3.63, 3.8) is 0 Å². The maximum Gasteiger partial charge on any atom is 0.178 e. The van der Waals surface area contributed by atoms with Crippen LogP contribution in [0.1, 0.15) is 11.1 Å². The topological polar surface area (TPSA) is 34.1 Å². The van der Waals surface area contributed by atoms with E-state index >= 15 is 0 Å². The molecule has 0 N–H and O–H groups in total. The number of benzene rings is 1. The Hall–Kier alpha value is -0.830. The Bertz CT molecular complexity index is 418. The lowest BCUT2D eigenvalue weighted by molar-refractivity contribution is 0.600. The number of rotatable bonds is 0. The van der Waals surface area contributed by atoms with E-state index in [0.717, 1.165) is 11.1 Å². The van der Waals surface area contributed by atoms with E-state index in [0.29, 0.717) is 11.3 Å². The van der Waals surface area contributed by atoms with Crippen molar-refractivity contribution in [2.45, 2.75) is 18.2 Å². The first-order valence-corrected chi connectivity index (χ1v) is 5.57. The summed E-state index contributed by atoms with van der Waals surface area (Å²) >= 11 is 0. The molecule has 0 aromatic heterocycles. The Morgan fingerprint density at radius 3 is 2.83 bits per heavy atom. The Labute approximate surface area is 72.1 Å². The van der Waals surface area contributed by atoms with Gasteiger partial charge in [-0.3, -0.25) is 0 Å². The van der Waals surface area contributed by atoms with E-state index in [1.165, 1.54) is 0 Å². The lowest BCUT2D eigenvalue weighted by Gasteiger charge is -1.98. The molecule has 0 radical (unpaired) electrons. The summed E-state index contributed by atoms with van der Waals surface area (Å²) in [7, 11) is -2.92. The van der Waals surface area contributed by atoms with Gasteiger partial charge in [-0.15, -0.1) is 0 Å². The fraction of sp³-hybridized carbons (Fsp3) is 0.333. The van der Waals surface area contributed by atoms with Crippen LogP contribution in [0.25, 0.3) is 0 Å². The monoisotopic (exact) mass is 182 g/mol. The molecule has 0 saturated carbocycles. The summed E-state index contributed by atoms with van der Waals surface area (Å²) in [6.45, 7) is 1.98. The molecular formula is C9H10O2S. The van der Waals surface area contributed by atoms with E-state index in [2.05, 4.69) is 0 Å². The fourth-order valence-electron chi connectivity index (χ4n) is 1.56. The van der Waals surface area contributed by atoms with Crippen LogP contribution >= 0.6 is 0 Å². The predicted molar refractivity (Wildman–Crippen MR) is 46.9 cm³/mol. The second kappa shape index (κ2) is 2.33. The van der Waals surface area contributed by atoms with Crippen molar-refractivity contribution >= 4 is 9.84 Å². The van der Waals surface area contributed by atoms with Crippen LogP contribution in [0.5, 0.6) is 0 Å². The molecule has 2 nitrogen and oxygen atoms in total. The third-order valence-electron chi connectivity index (χ3n) is 2.19. The van der Waals surface area contributed by atoms with E-state index in [4.69, 9.17) is 0 Å². The van der Waals surface area contributed by atoms with Crippen LogP contribution in [0.15, 0.2) is 23.1 Å². The molecule has 0 unspecified atom stereocenters. The summed E-state index contributed by atoms with van der Waals surface area (Å²) in [5.41, 5.74) is 2.11. The van der Waals surface area contributed by atoms with Crippen molar-refractivity contribution < 1.29 is 8.42 Å². The second-order valence-corrected chi connectivity index (χ2v) is 5.26. The van der Waals surface area contributed by atoms with Gasteiger partial charge < -0.3 is 0 Å². The molecule has 64 valence electrons. The molecule has 0 aliphatic carbocycles. The number of hydrogen-bond donors (Lipinski definition) is 0. The zero-order chi connectivity index (χ0) is 8.77. The molecule has 1 heterocycles. The fourth-order valence-corrected chi connectivity index (χ4v) is 3.11. The number of aryl methyl sites for hydroxylation is 2. The summed E-state index contributed by atoms with van der Waals surface area (Å²) in [6, 6.07) is 5.52. The molecule has 0 fully saturated rings. The zero-order valence-corrected chi connectivity index (χ0v) is 7.69. The first-order chi connectivity index (χ1) is 5.59. The highest BCUT2D eigenvalue weighted by atomic mass is 32.2. The minimum Gasteiger partial charge on any atom is -0.224 e. The van der Waals surface area contributed by atoms with Crippen molar-refractivity contribution in [1.82, 2.24) is 0 Å². The molecule has 0 atom stereocenters. The largest absolute Gasteiger partial charge is 0.224 e. The molecule has 1 aromatic rings. The third kappa shape index (κ3) is 1.05. The molecule has 12 heavy (non-hydrogen) atoms. The second-order valence-electron chi connectivity index (χ2n) is 3.18. The highest BCUT2D eigenvalue weighted by Crippen LogP contribution is 2.26. The molecule has 0 spiro atoms. The number of hydrogen-bond acceptors (Lipinski definition) is 2. The highest BCUT2D eigenvalue weighted by Gasteiger charge is 2.25. The quantitative estimate of drug-likeness (QED) is 0.606. The highest BCUT2D eigenvalue weighted by molar-refractivity contribution is 7.91. The normalized spacial score (nSPS) is 19.1. The molecule has 1 aliphatic heterocycles. The average molecular weight is 182 g/mol. The van der Waals surface area contributed by atoms with Gasteiger partial charge in [0.2, 0.25) is 0 Å². The maximum absolute atomic E-state index is 11.4. The Morgan fingerprint density at radius 2 is 2.08 bits per heavy atom. The van der Waals surface area contributed by atoms with Crippen molar-refractivity contribution in [2.75, 3.05) is 5.75 Å². The van der Waals surface area contributed by atoms with Gasteiger partial charge >= 0.3 is 0 Å². The van der Waals surface area contributed by atoms with Crippen LogP contribution in [-0.2, 0) is 16.3 Å². The van der Waals surface area contributed by atoms with Gasteiger partial charge in [-0.1, -0.05) is 17.7 Å². The summed E-state index contributed by atoms with van der Waals surface area (Å²) < 4.78 is 22.7. The Morgan fingerprint density at radius 1 is 1.33 bits per heavy atom. The van der Waals surface area contributed by atoms with Gasteiger partial charge in [0.25, 0.3) is 0 Å². The van der Waals surface area contributed by atoms with Crippen LogP contribution in [0.4, 0.5) is 0 Å². The van der Waals surface area contributed by atoms with Crippen LogP contribution < -0.4 is 0 Å². The summed E-state index contributed by atoms with van der Waals surface area (Å²) in [6.07, 6.45) is 0.680. The van der Waals surface area contributed by atoms with Gasteiger partial charge in [0.05, 0.1) is 10.6 Å². The van der Waals surface area contributed by atoms with Gasteiger partial charge in [-0.05, 0) is 25.0 Å². The minimum absolute atomic E-state index is 0.284. The number of sulfone groups is 1. The van der Waals surface area contributed by atoms with Crippen molar-refractivity contribution in [3.05, 3.63) is 29.3 Å². The molecule has 1 aliphatic rings. The molecular weight excluding hydrogens is 172 g/mol. The summed E-state index contributed by atoms with van der Waals surface area (Å²) in [5, 5.41) is 0. The minimum atomic E-state index is -2.92. The van der Waals surface area contributed by atoms with Gasteiger partial charge in [-0.25, -0.2) is 8.42 Å². The first-order valence-electron chi connectivity index (χ1n) is 3.92. The summed E-state index contributed by atoms with van der Waals surface area (Å²) in [4.78, 5) is 0.535. The average Bonchev–Trinajstić information content (AvgIpc) is 2.27. The van der Waals surface area contributed by atoms with Crippen LogP contribution in [-0.4, -0.2) is 14.2 Å². The van der Waals surface area contributed by atoms with Crippen LogP contribution in [0.2, 0.25) is 0 Å². The molecule has 0 amide bonds. The van der Waals surface area contributed by atoms with E-state index in [-0.39, 0.29) is 5.75 Å². The van der Waals surface area contributed by atoms with Gasteiger partial charge in [0, 0.05) is 0 Å².